The molecule has 1 N–H and O–H groups in total. The van der Waals surface area contributed by atoms with E-state index in [0.29, 0.717) is 58.0 Å². The number of nitriles is 1. The van der Waals surface area contributed by atoms with Crippen LogP contribution in [0.25, 0.3) is 0 Å². The van der Waals surface area contributed by atoms with E-state index in [1.165, 1.54) is 4.42 Å². The van der Waals surface area contributed by atoms with Gasteiger partial charge in [0.05, 0.1) is 34.9 Å². The zero-order chi connectivity index (χ0) is 20.4. The number of nitrogens with zero attached hydrogens (tertiary/aromatic N) is 3. The summed E-state index contributed by atoms with van der Waals surface area (Å²) < 4.78 is 6.71. The van der Waals surface area contributed by atoms with Crippen LogP contribution in [0, 0.1) is 11.3 Å². The highest BCUT2D eigenvalue weighted by Crippen LogP contribution is 2.44. The average molecular weight is 461 g/mol. The Kier molecular flexibility index (Phi) is 6.71. The lowest BCUT2D eigenvalue weighted by Gasteiger charge is -2.28. The number of carboxylic acids is 1. The van der Waals surface area contributed by atoms with Gasteiger partial charge in [-0.05, 0) is 29.5 Å². The molecule has 0 spiro atoms. The molecule has 3 rings (SSSR count). The van der Waals surface area contributed by atoms with Crippen molar-refractivity contribution in [2.24, 2.45) is 0 Å². The van der Waals surface area contributed by atoms with E-state index in [1.807, 2.05) is 4.90 Å². The predicted molar refractivity (Wildman–Crippen MR) is 111 cm³/mol. The van der Waals surface area contributed by atoms with Crippen LogP contribution in [0.4, 0.5) is 5.00 Å². The Labute approximate surface area is 181 Å². The summed E-state index contributed by atoms with van der Waals surface area (Å²) in [7, 11) is 1.60. The number of hydrogen-bond acceptors (Lipinski definition) is 6. The number of morpholine rings is 1. The molecule has 1 aliphatic rings. The number of ether oxygens (including phenoxy) is 1. The number of carboxylic acid groups (broad SMARTS) is 1. The third-order valence-corrected chi connectivity index (χ3v) is 6.61. The van der Waals surface area contributed by atoms with Crippen molar-refractivity contribution in [2.45, 2.75) is 6.04 Å². The normalized spacial score (nSPS) is 15.5. The second kappa shape index (κ2) is 8.87. The number of anilines is 1. The summed E-state index contributed by atoms with van der Waals surface area (Å²) in [5, 5.41) is 21.0. The Morgan fingerprint density at radius 3 is 2.57 bits per heavy atom. The fraction of sp³-hybridized carbons (Fsp3) is 0.333. The van der Waals surface area contributed by atoms with E-state index in [-0.39, 0.29) is 4.88 Å². The lowest BCUT2D eigenvalue weighted by molar-refractivity contribution is 0.0700. The Bertz CT molecular complexity index is 936. The van der Waals surface area contributed by atoms with Crippen molar-refractivity contribution < 1.29 is 14.6 Å². The Morgan fingerprint density at radius 2 is 2.04 bits per heavy atom. The van der Waals surface area contributed by atoms with Crippen molar-refractivity contribution in [1.82, 2.24) is 4.42 Å². The average Bonchev–Trinajstić information content (AvgIpc) is 3.04. The first-order chi connectivity index (χ1) is 13.3. The minimum Gasteiger partial charge on any atom is -0.477 e. The zero-order valence-corrected chi connectivity index (χ0v) is 17.9. The van der Waals surface area contributed by atoms with Crippen LogP contribution >= 0.6 is 46.3 Å². The number of halogens is 3. The summed E-state index contributed by atoms with van der Waals surface area (Å²) >= 11 is 19.6. The van der Waals surface area contributed by atoms with Crippen molar-refractivity contribution in [3.8, 4) is 6.07 Å². The fourth-order valence-corrected chi connectivity index (χ4v) is 4.87. The predicted octanol–water partition coefficient (Wildman–Crippen LogP) is 4.64. The highest BCUT2D eigenvalue weighted by Gasteiger charge is 2.33. The van der Waals surface area contributed by atoms with Gasteiger partial charge in [0.1, 0.15) is 15.9 Å². The molecule has 148 valence electrons. The standard InChI is InChI=1S/C18H16Cl3N3O3S/c1-23(21)15(10-2-3-12(19)13(20)8-10)14-11(9-22)17(28-16(14)18(25)26)24-4-6-27-7-5-24/h2-3,8,15H,4-7H2,1H3,(H,25,26). The Balaban J connectivity index is 2.21. The minimum atomic E-state index is -1.11. The number of hydrogen-bond donors (Lipinski definition) is 1. The summed E-state index contributed by atoms with van der Waals surface area (Å²) in [5.74, 6) is -1.11. The van der Waals surface area contributed by atoms with Gasteiger partial charge in [0.25, 0.3) is 0 Å². The van der Waals surface area contributed by atoms with Crippen molar-refractivity contribution in [1.29, 1.82) is 5.26 Å². The second-order valence-corrected chi connectivity index (χ2v) is 8.49. The van der Waals surface area contributed by atoms with E-state index in [1.54, 1.807) is 25.2 Å². The fourth-order valence-electron chi connectivity index (χ4n) is 3.18. The molecule has 1 unspecified atom stereocenters. The number of rotatable bonds is 5. The number of carbonyl (C=O) groups is 1. The SMILES string of the molecule is CN(Cl)C(c1ccc(Cl)c(Cl)c1)c1c(C(=O)O)sc(N2CCOCC2)c1C#N. The smallest absolute Gasteiger partial charge is 0.346 e. The van der Waals surface area contributed by atoms with Crippen LogP contribution in [-0.4, -0.2) is 48.8 Å². The van der Waals surface area contributed by atoms with Crippen molar-refractivity contribution in [2.75, 3.05) is 38.3 Å². The topological polar surface area (TPSA) is 76.8 Å². The molecule has 0 radical (unpaired) electrons. The van der Waals surface area contributed by atoms with Crippen LogP contribution in [0.2, 0.25) is 10.0 Å². The third kappa shape index (κ3) is 4.08. The molecule has 2 aromatic rings. The number of benzene rings is 1. The van der Waals surface area contributed by atoms with Gasteiger partial charge in [0, 0.05) is 25.7 Å². The maximum atomic E-state index is 12.0. The van der Waals surface area contributed by atoms with Gasteiger partial charge in [0.2, 0.25) is 0 Å². The van der Waals surface area contributed by atoms with Crippen LogP contribution in [-0.2, 0) is 4.74 Å². The molecule has 1 fully saturated rings. The highest BCUT2D eigenvalue weighted by molar-refractivity contribution is 7.18. The van der Waals surface area contributed by atoms with Crippen LogP contribution in [0.15, 0.2) is 18.2 Å². The van der Waals surface area contributed by atoms with E-state index < -0.39 is 12.0 Å². The quantitative estimate of drug-likeness (QED) is 0.655. The molecule has 1 saturated heterocycles. The Hall–Kier alpha value is -1.53. The van der Waals surface area contributed by atoms with Gasteiger partial charge in [0.15, 0.2) is 0 Å². The van der Waals surface area contributed by atoms with Gasteiger partial charge < -0.3 is 14.7 Å². The molecule has 1 atom stereocenters. The first-order valence-electron chi connectivity index (χ1n) is 8.31. The van der Waals surface area contributed by atoms with Crippen molar-refractivity contribution >= 4 is 57.3 Å². The summed E-state index contributed by atoms with van der Waals surface area (Å²) in [4.78, 5) is 14.1. The molecular formula is C18H16Cl3N3O3S. The van der Waals surface area contributed by atoms with Crippen LogP contribution in [0.3, 0.4) is 0 Å². The lowest BCUT2D eigenvalue weighted by atomic mass is 9.95. The molecule has 0 aliphatic carbocycles. The molecule has 10 heteroatoms. The van der Waals surface area contributed by atoms with E-state index >= 15 is 0 Å². The van der Waals surface area contributed by atoms with Gasteiger partial charge in [-0.2, -0.15) is 5.26 Å². The van der Waals surface area contributed by atoms with Crippen molar-refractivity contribution in [3.05, 3.63) is 49.8 Å². The molecule has 1 aromatic heterocycles. The van der Waals surface area contributed by atoms with Crippen LogP contribution in [0.1, 0.15) is 32.4 Å². The molecule has 0 amide bonds. The minimum absolute atomic E-state index is 0.0709. The highest BCUT2D eigenvalue weighted by atomic mass is 35.5. The van der Waals surface area contributed by atoms with Gasteiger partial charge in [-0.3, -0.25) is 0 Å². The molecule has 0 saturated carbocycles. The van der Waals surface area contributed by atoms with Gasteiger partial charge in [-0.25, -0.2) is 9.21 Å². The van der Waals surface area contributed by atoms with E-state index in [4.69, 9.17) is 39.7 Å². The van der Waals surface area contributed by atoms with Gasteiger partial charge >= 0.3 is 5.97 Å². The van der Waals surface area contributed by atoms with Gasteiger partial charge in [-0.1, -0.05) is 29.3 Å². The molecule has 6 nitrogen and oxygen atoms in total. The van der Waals surface area contributed by atoms with Crippen LogP contribution in [0.5, 0.6) is 0 Å². The molecule has 1 aromatic carbocycles. The van der Waals surface area contributed by atoms with Gasteiger partial charge in [-0.15, -0.1) is 11.3 Å². The first-order valence-corrected chi connectivity index (χ1v) is 10.2. The monoisotopic (exact) mass is 459 g/mol. The van der Waals surface area contributed by atoms with E-state index in [9.17, 15) is 15.2 Å². The maximum Gasteiger partial charge on any atom is 0.346 e. The number of aromatic carboxylic acids is 1. The lowest BCUT2D eigenvalue weighted by Crippen LogP contribution is -2.36. The second-order valence-electron chi connectivity index (χ2n) is 6.14. The third-order valence-electron chi connectivity index (χ3n) is 4.42. The summed E-state index contributed by atoms with van der Waals surface area (Å²) in [6.07, 6.45) is 0. The van der Waals surface area contributed by atoms with Crippen LogP contribution < -0.4 is 4.90 Å². The van der Waals surface area contributed by atoms with Crippen molar-refractivity contribution in [3.63, 3.8) is 0 Å². The molecule has 0 bridgehead atoms. The molecule has 2 heterocycles. The molecule has 28 heavy (non-hydrogen) atoms. The maximum absolute atomic E-state index is 12.0. The zero-order valence-electron chi connectivity index (χ0n) is 14.8. The largest absolute Gasteiger partial charge is 0.477 e. The van der Waals surface area contributed by atoms with E-state index in [0.717, 1.165) is 11.3 Å². The summed E-state index contributed by atoms with van der Waals surface area (Å²) in [6.45, 7) is 2.21. The Morgan fingerprint density at radius 1 is 1.36 bits per heavy atom. The molecule has 1 aliphatic heterocycles. The first kappa shape index (κ1) is 21.2. The van der Waals surface area contributed by atoms with E-state index in [2.05, 4.69) is 6.07 Å². The number of thiophene rings is 1. The summed E-state index contributed by atoms with van der Waals surface area (Å²) in [6, 6.07) is 6.47. The molecular weight excluding hydrogens is 445 g/mol. The summed E-state index contributed by atoms with van der Waals surface area (Å²) in [5.41, 5.74) is 1.28.